The van der Waals surface area contributed by atoms with E-state index in [0.717, 1.165) is 16.7 Å². The van der Waals surface area contributed by atoms with Gasteiger partial charge in [-0.05, 0) is 47.2 Å². The van der Waals surface area contributed by atoms with Gasteiger partial charge in [0.1, 0.15) is 11.5 Å². The van der Waals surface area contributed by atoms with E-state index >= 15 is 0 Å². The molecule has 1 aliphatic heterocycles. The van der Waals surface area contributed by atoms with E-state index in [4.69, 9.17) is 14.7 Å². The van der Waals surface area contributed by atoms with E-state index in [1.807, 2.05) is 72.8 Å². The van der Waals surface area contributed by atoms with Gasteiger partial charge in [0.15, 0.2) is 0 Å². The Bertz CT molecular complexity index is 1420. The third kappa shape index (κ3) is 7.41. The molecule has 7 nitrogen and oxygen atoms in total. The minimum atomic E-state index is -0.727. The van der Waals surface area contributed by atoms with E-state index in [-0.39, 0.29) is 6.42 Å². The molecule has 1 aliphatic rings. The predicted molar refractivity (Wildman–Crippen MR) is 159 cm³/mol. The van der Waals surface area contributed by atoms with Gasteiger partial charge in [0.2, 0.25) is 0 Å². The Labute approximate surface area is 242 Å². The summed E-state index contributed by atoms with van der Waals surface area (Å²) >= 11 is 0. The van der Waals surface area contributed by atoms with Crippen LogP contribution in [0.2, 0.25) is 0 Å². The SMILES string of the molecule is CC(C)(C)C(CC(=O)OC(=O)N1CCNCC1)(Cc1ccccc1)c1cccc(Oc2ccccc2C=CC#N)c1. The van der Waals surface area contributed by atoms with Gasteiger partial charge in [0.05, 0.1) is 12.5 Å². The maximum atomic E-state index is 13.5. The van der Waals surface area contributed by atoms with Crippen LogP contribution in [0.5, 0.6) is 11.5 Å². The Balaban J connectivity index is 1.71. The van der Waals surface area contributed by atoms with Crippen molar-refractivity contribution in [1.29, 1.82) is 5.26 Å². The summed E-state index contributed by atoms with van der Waals surface area (Å²) in [6.45, 7) is 8.68. The van der Waals surface area contributed by atoms with Crippen LogP contribution in [0.4, 0.5) is 4.79 Å². The van der Waals surface area contributed by atoms with E-state index in [9.17, 15) is 9.59 Å². The number of piperazine rings is 1. The number of hydrogen-bond acceptors (Lipinski definition) is 6. The Kier molecular flexibility index (Phi) is 9.59. The van der Waals surface area contributed by atoms with E-state index in [0.29, 0.717) is 44.1 Å². The minimum Gasteiger partial charge on any atom is -0.457 e. The van der Waals surface area contributed by atoms with Crippen molar-refractivity contribution in [3.63, 3.8) is 0 Å². The summed E-state index contributed by atoms with van der Waals surface area (Å²) in [5.74, 6) is 0.659. The molecule has 1 amide bonds. The molecule has 0 radical (unpaired) electrons. The third-order valence-corrected chi connectivity index (χ3v) is 7.68. The first-order valence-electron chi connectivity index (χ1n) is 13.9. The molecule has 0 aromatic heterocycles. The van der Waals surface area contributed by atoms with Crippen molar-refractivity contribution in [2.45, 2.75) is 39.0 Å². The fourth-order valence-corrected chi connectivity index (χ4v) is 5.29. The first-order chi connectivity index (χ1) is 19.7. The summed E-state index contributed by atoms with van der Waals surface area (Å²) in [7, 11) is 0. The molecule has 212 valence electrons. The zero-order valence-electron chi connectivity index (χ0n) is 23.9. The van der Waals surface area contributed by atoms with Crippen LogP contribution in [0.15, 0.2) is 84.9 Å². The minimum absolute atomic E-state index is 0.00811. The Hall–Kier alpha value is -4.41. The van der Waals surface area contributed by atoms with Gasteiger partial charge in [-0.3, -0.25) is 4.79 Å². The second-order valence-corrected chi connectivity index (χ2v) is 11.3. The van der Waals surface area contributed by atoms with Gasteiger partial charge in [-0.2, -0.15) is 5.26 Å². The highest BCUT2D eigenvalue weighted by atomic mass is 16.6. The number of hydrogen-bond donors (Lipinski definition) is 1. The van der Waals surface area contributed by atoms with Gasteiger partial charge in [-0.15, -0.1) is 0 Å². The molecule has 4 rings (SSSR count). The summed E-state index contributed by atoms with van der Waals surface area (Å²) < 4.78 is 11.7. The normalized spacial score (nSPS) is 15.1. The lowest BCUT2D eigenvalue weighted by atomic mass is 9.58. The van der Waals surface area contributed by atoms with E-state index < -0.39 is 22.9 Å². The zero-order valence-corrected chi connectivity index (χ0v) is 23.9. The molecule has 3 aromatic carbocycles. The number of rotatable bonds is 8. The van der Waals surface area contributed by atoms with E-state index in [1.54, 1.807) is 11.0 Å². The third-order valence-electron chi connectivity index (χ3n) is 7.68. The average molecular weight is 552 g/mol. The number of nitriles is 1. The van der Waals surface area contributed by atoms with Crippen molar-refractivity contribution < 1.29 is 19.1 Å². The first-order valence-corrected chi connectivity index (χ1v) is 13.9. The molecule has 7 heteroatoms. The number of carbonyl (C=O) groups is 2. The second-order valence-electron chi connectivity index (χ2n) is 11.3. The lowest BCUT2D eigenvalue weighted by molar-refractivity contribution is -0.141. The van der Waals surface area contributed by atoms with Crippen molar-refractivity contribution in [2.24, 2.45) is 5.41 Å². The van der Waals surface area contributed by atoms with Crippen molar-refractivity contribution in [3.8, 4) is 17.6 Å². The molecule has 0 saturated carbocycles. The maximum Gasteiger partial charge on any atom is 0.417 e. The number of ether oxygens (including phenoxy) is 2. The van der Waals surface area contributed by atoms with Crippen molar-refractivity contribution >= 4 is 18.1 Å². The summed E-state index contributed by atoms with van der Waals surface area (Å²) in [4.78, 5) is 27.9. The molecule has 1 heterocycles. The molecule has 1 saturated heterocycles. The largest absolute Gasteiger partial charge is 0.457 e. The molecule has 3 aromatic rings. The van der Waals surface area contributed by atoms with E-state index in [1.165, 1.54) is 6.08 Å². The van der Waals surface area contributed by atoms with Gasteiger partial charge in [0.25, 0.3) is 0 Å². The van der Waals surface area contributed by atoms with Crippen LogP contribution in [0.3, 0.4) is 0 Å². The maximum absolute atomic E-state index is 13.5. The van der Waals surface area contributed by atoms with Crippen LogP contribution >= 0.6 is 0 Å². The molecule has 1 atom stereocenters. The summed E-state index contributed by atoms with van der Waals surface area (Å²) in [5, 5.41) is 12.2. The first kappa shape index (κ1) is 29.6. The van der Waals surface area contributed by atoms with Crippen LogP contribution < -0.4 is 10.1 Å². The number of nitrogens with one attached hydrogen (secondary N) is 1. The van der Waals surface area contributed by atoms with Crippen molar-refractivity contribution in [3.05, 3.63) is 102 Å². The molecule has 41 heavy (non-hydrogen) atoms. The molecular weight excluding hydrogens is 514 g/mol. The highest BCUT2D eigenvalue weighted by Gasteiger charge is 2.46. The van der Waals surface area contributed by atoms with Crippen LogP contribution in [-0.2, 0) is 21.4 Å². The lowest BCUT2D eigenvalue weighted by Gasteiger charge is -2.45. The number of allylic oxidation sites excluding steroid dienone is 1. The number of esters is 1. The van der Waals surface area contributed by atoms with E-state index in [2.05, 4.69) is 38.2 Å². The van der Waals surface area contributed by atoms with Gasteiger partial charge >= 0.3 is 12.1 Å². The van der Waals surface area contributed by atoms with Crippen LogP contribution in [0.25, 0.3) is 6.08 Å². The number of carbonyl (C=O) groups excluding carboxylic acids is 2. The molecule has 1 fully saturated rings. The highest BCUT2D eigenvalue weighted by Crippen LogP contribution is 2.48. The number of nitrogens with zero attached hydrogens (tertiary/aromatic N) is 2. The zero-order chi connectivity index (χ0) is 29.3. The average Bonchev–Trinajstić information content (AvgIpc) is 2.97. The molecule has 0 bridgehead atoms. The summed E-state index contributed by atoms with van der Waals surface area (Å²) in [6.07, 6.45) is 3.08. The number of benzene rings is 3. The van der Waals surface area contributed by atoms with Gasteiger partial charge < -0.3 is 19.7 Å². The Morgan fingerprint density at radius 2 is 1.68 bits per heavy atom. The topological polar surface area (TPSA) is 91.7 Å². The predicted octanol–water partition coefficient (Wildman–Crippen LogP) is 6.50. The van der Waals surface area contributed by atoms with Crippen molar-refractivity contribution in [1.82, 2.24) is 10.2 Å². The smallest absolute Gasteiger partial charge is 0.417 e. The summed E-state index contributed by atoms with van der Waals surface area (Å²) in [5.41, 5.74) is 1.62. The molecule has 1 N–H and O–H groups in total. The van der Waals surface area contributed by atoms with Gasteiger partial charge in [-0.25, -0.2) is 4.79 Å². The number of amides is 1. The Morgan fingerprint density at radius 1 is 0.976 bits per heavy atom. The van der Waals surface area contributed by atoms with Gasteiger partial charge in [-0.1, -0.05) is 81.4 Å². The second kappa shape index (κ2) is 13.3. The highest BCUT2D eigenvalue weighted by molar-refractivity contribution is 5.85. The monoisotopic (exact) mass is 551 g/mol. The molecule has 0 spiro atoms. The van der Waals surface area contributed by atoms with Crippen LogP contribution in [-0.4, -0.2) is 43.1 Å². The van der Waals surface area contributed by atoms with Crippen LogP contribution in [0, 0.1) is 16.7 Å². The Morgan fingerprint density at radius 3 is 2.39 bits per heavy atom. The van der Waals surface area contributed by atoms with Crippen molar-refractivity contribution in [2.75, 3.05) is 26.2 Å². The molecule has 1 unspecified atom stereocenters. The van der Waals surface area contributed by atoms with Crippen LogP contribution in [0.1, 0.15) is 43.9 Å². The molecular formula is C34H37N3O4. The fraction of sp³-hybridized carbons (Fsp3) is 0.324. The standard InChI is InChI=1S/C34H37N3O4/c1-33(2,3)34(24-26-11-5-4-6-12-26,25-31(38)41-32(39)37-21-19-36-20-22-37)28-15-9-16-29(23-28)40-30-17-8-7-13-27(30)14-10-18-35/h4-17,23,36H,19-22,24-25H2,1-3H3. The number of para-hydroxylation sites is 1. The quantitative estimate of drug-likeness (QED) is 0.195. The van der Waals surface area contributed by atoms with Gasteiger partial charge in [0, 0.05) is 43.2 Å². The fourth-order valence-electron chi connectivity index (χ4n) is 5.29. The lowest BCUT2D eigenvalue weighted by Crippen LogP contribution is -2.48. The molecule has 0 aliphatic carbocycles. The summed E-state index contributed by atoms with van der Waals surface area (Å²) in [6, 6.07) is 27.3.